The van der Waals surface area contributed by atoms with Crippen LogP contribution in [0.15, 0.2) is 36.4 Å². The molecule has 2 aromatic rings. The van der Waals surface area contributed by atoms with Gasteiger partial charge in [-0.2, -0.15) is 0 Å². The lowest BCUT2D eigenvalue weighted by atomic mass is 10.2. The van der Waals surface area contributed by atoms with Crippen molar-refractivity contribution >= 4 is 29.0 Å². The molecule has 1 aromatic carbocycles. The molecule has 1 amide bonds. The van der Waals surface area contributed by atoms with Gasteiger partial charge in [-0.25, -0.2) is 4.98 Å². The second-order valence-electron chi connectivity index (χ2n) is 4.69. The first-order valence-electron chi connectivity index (χ1n) is 6.40. The molecule has 0 fully saturated rings. The lowest BCUT2D eigenvalue weighted by Crippen LogP contribution is -2.26. The zero-order valence-electron chi connectivity index (χ0n) is 11.1. The fourth-order valence-electron chi connectivity index (χ4n) is 2.37. The number of rotatable bonds is 3. The molecule has 0 atom stereocenters. The van der Waals surface area contributed by atoms with Crippen molar-refractivity contribution in [3.8, 4) is 0 Å². The van der Waals surface area contributed by atoms with E-state index in [1.165, 1.54) is 0 Å². The van der Waals surface area contributed by atoms with Crippen molar-refractivity contribution in [2.45, 2.75) is 13.0 Å². The van der Waals surface area contributed by atoms with Crippen molar-refractivity contribution in [2.24, 2.45) is 0 Å². The van der Waals surface area contributed by atoms with Gasteiger partial charge in [0.25, 0.3) is 0 Å². The van der Waals surface area contributed by atoms with E-state index in [1.54, 1.807) is 4.90 Å². The van der Waals surface area contributed by atoms with E-state index >= 15 is 0 Å². The minimum atomic E-state index is 0.0823. The Morgan fingerprint density at radius 2 is 2.20 bits per heavy atom. The summed E-state index contributed by atoms with van der Waals surface area (Å²) in [5, 5.41) is 3.64. The zero-order chi connectivity index (χ0) is 14.1. The van der Waals surface area contributed by atoms with Crippen LogP contribution in [0.4, 0.5) is 11.5 Å². The molecule has 4 nitrogen and oxygen atoms in total. The highest BCUT2D eigenvalue weighted by Crippen LogP contribution is 2.32. The van der Waals surface area contributed by atoms with Gasteiger partial charge in [0.05, 0.1) is 18.7 Å². The number of nitrogens with zero attached hydrogens (tertiary/aromatic N) is 2. The van der Waals surface area contributed by atoms with E-state index in [1.807, 2.05) is 43.4 Å². The van der Waals surface area contributed by atoms with Gasteiger partial charge in [0.2, 0.25) is 5.91 Å². The predicted octanol–water partition coefficient (Wildman–Crippen LogP) is 2.87. The Hall–Kier alpha value is -2.07. The molecule has 0 radical (unpaired) electrons. The number of nitrogens with one attached hydrogen (secondary N) is 1. The van der Waals surface area contributed by atoms with Crippen LogP contribution < -0.4 is 10.2 Å². The maximum Gasteiger partial charge on any atom is 0.231 e. The number of hydrogen-bond acceptors (Lipinski definition) is 3. The van der Waals surface area contributed by atoms with Crippen LogP contribution in [0.25, 0.3) is 0 Å². The van der Waals surface area contributed by atoms with Gasteiger partial charge >= 0.3 is 0 Å². The molecule has 0 saturated carbocycles. The van der Waals surface area contributed by atoms with E-state index in [9.17, 15) is 4.79 Å². The lowest BCUT2D eigenvalue weighted by molar-refractivity contribution is -0.117. The van der Waals surface area contributed by atoms with E-state index in [0.717, 1.165) is 22.8 Å². The normalized spacial score (nSPS) is 13.5. The van der Waals surface area contributed by atoms with Crippen LogP contribution in [-0.4, -0.2) is 17.9 Å². The summed E-state index contributed by atoms with van der Waals surface area (Å²) in [6, 6.07) is 11.3. The van der Waals surface area contributed by atoms with Gasteiger partial charge in [-0.15, -0.1) is 0 Å². The van der Waals surface area contributed by atoms with Crippen LogP contribution in [0.5, 0.6) is 0 Å². The minimum Gasteiger partial charge on any atom is -0.373 e. The number of amides is 1. The first-order chi connectivity index (χ1) is 9.67. The van der Waals surface area contributed by atoms with Gasteiger partial charge in [-0.3, -0.25) is 4.79 Å². The molecule has 0 unspecified atom stereocenters. The molecule has 1 aliphatic rings. The van der Waals surface area contributed by atoms with Gasteiger partial charge < -0.3 is 10.2 Å². The second kappa shape index (κ2) is 5.13. The Morgan fingerprint density at radius 3 is 3.00 bits per heavy atom. The Labute approximate surface area is 122 Å². The number of anilines is 2. The van der Waals surface area contributed by atoms with Crippen LogP contribution in [0.3, 0.4) is 0 Å². The Balaban J connectivity index is 1.91. The molecule has 2 heterocycles. The number of pyridine rings is 1. The van der Waals surface area contributed by atoms with Crippen molar-refractivity contribution < 1.29 is 4.79 Å². The summed E-state index contributed by atoms with van der Waals surface area (Å²) in [7, 11) is 1.82. The van der Waals surface area contributed by atoms with Crippen LogP contribution in [0, 0.1) is 0 Å². The zero-order valence-corrected chi connectivity index (χ0v) is 11.8. The van der Waals surface area contributed by atoms with Crippen LogP contribution in [0.1, 0.15) is 11.3 Å². The molecule has 0 aliphatic carbocycles. The summed E-state index contributed by atoms with van der Waals surface area (Å²) < 4.78 is 0. The molecule has 1 aliphatic heterocycles. The number of halogens is 1. The number of benzene rings is 1. The summed E-state index contributed by atoms with van der Waals surface area (Å²) in [5.41, 5.74) is 2.75. The molecule has 0 bridgehead atoms. The Morgan fingerprint density at radius 1 is 1.35 bits per heavy atom. The molecule has 5 heteroatoms. The molecule has 102 valence electrons. The van der Waals surface area contributed by atoms with Gasteiger partial charge in [0.15, 0.2) is 0 Å². The number of hydrogen-bond donors (Lipinski definition) is 1. The summed E-state index contributed by atoms with van der Waals surface area (Å²) in [6.45, 7) is 0.460. The van der Waals surface area contributed by atoms with Crippen LogP contribution in [-0.2, 0) is 17.8 Å². The van der Waals surface area contributed by atoms with Crippen molar-refractivity contribution in [3.63, 3.8) is 0 Å². The topological polar surface area (TPSA) is 45.2 Å². The fourth-order valence-corrected chi connectivity index (χ4v) is 2.54. The lowest BCUT2D eigenvalue weighted by Gasteiger charge is -2.17. The van der Waals surface area contributed by atoms with Gasteiger partial charge in [0, 0.05) is 17.8 Å². The number of carbonyl (C=O) groups is 1. The maximum absolute atomic E-state index is 12.1. The van der Waals surface area contributed by atoms with Crippen molar-refractivity contribution in [1.29, 1.82) is 0 Å². The van der Waals surface area contributed by atoms with Crippen LogP contribution >= 0.6 is 11.6 Å². The SMILES string of the molecule is CNc1cccc(CN2C(=O)Cc3ccc(Cl)cc32)n1. The third kappa shape index (κ3) is 2.34. The maximum atomic E-state index is 12.1. The van der Waals surface area contributed by atoms with Gasteiger partial charge in [-0.05, 0) is 29.8 Å². The Kier molecular flexibility index (Phi) is 3.32. The van der Waals surface area contributed by atoms with E-state index in [4.69, 9.17) is 11.6 Å². The monoisotopic (exact) mass is 287 g/mol. The first kappa shape index (κ1) is 12.9. The molecular formula is C15H14ClN3O. The Bertz CT molecular complexity index is 672. The van der Waals surface area contributed by atoms with Crippen LogP contribution in [0.2, 0.25) is 5.02 Å². The highest BCUT2D eigenvalue weighted by molar-refractivity contribution is 6.31. The summed E-state index contributed by atoms with van der Waals surface area (Å²) in [4.78, 5) is 18.3. The summed E-state index contributed by atoms with van der Waals surface area (Å²) in [6.07, 6.45) is 0.429. The summed E-state index contributed by atoms with van der Waals surface area (Å²) in [5.74, 6) is 0.874. The standard InChI is InChI=1S/C15H14ClN3O/c1-17-14-4-2-3-12(18-14)9-19-13-8-11(16)6-5-10(13)7-15(19)20/h2-6,8H,7,9H2,1H3,(H,17,18). The smallest absolute Gasteiger partial charge is 0.231 e. The molecular weight excluding hydrogens is 274 g/mol. The van der Waals surface area contributed by atoms with Crippen molar-refractivity contribution in [1.82, 2.24) is 4.98 Å². The molecule has 0 spiro atoms. The van der Waals surface area contributed by atoms with E-state index in [2.05, 4.69) is 10.3 Å². The fraction of sp³-hybridized carbons (Fsp3) is 0.200. The van der Waals surface area contributed by atoms with E-state index in [0.29, 0.717) is 18.0 Å². The largest absolute Gasteiger partial charge is 0.373 e. The highest BCUT2D eigenvalue weighted by atomic mass is 35.5. The third-order valence-corrected chi connectivity index (χ3v) is 3.60. The third-order valence-electron chi connectivity index (χ3n) is 3.36. The van der Waals surface area contributed by atoms with Crippen molar-refractivity contribution in [2.75, 3.05) is 17.3 Å². The van der Waals surface area contributed by atoms with Gasteiger partial charge in [-0.1, -0.05) is 23.7 Å². The number of carbonyl (C=O) groups excluding carboxylic acids is 1. The van der Waals surface area contributed by atoms with E-state index < -0.39 is 0 Å². The quantitative estimate of drug-likeness (QED) is 0.944. The summed E-state index contributed by atoms with van der Waals surface area (Å²) >= 11 is 6.02. The van der Waals surface area contributed by atoms with Gasteiger partial charge in [0.1, 0.15) is 5.82 Å². The molecule has 1 aromatic heterocycles. The first-order valence-corrected chi connectivity index (χ1v) is 6.77. The second-order valence-corrected chi connectivity index (χ2v) is 5.13. The molecule has 3 rings (SSSR count). The minimum absolute atomic E-state index is 0.0823. The molecule has 1 N–H and O–H groups in total. The molecule has 0 saturated heterocycles. The average molecular weight is 288 g/mol. The molecule has 20 heavy (non-hydrogen) atoms. The average Bonchev–Trinajstić information content (AvgIpc) is 2.75. The van der Waals surface area contributed by atoms with Crippen molar-refractivity contribution in [3.05, 3.63) is 52.7 Å². The van der Waals surface area contributed by atoms with E-state index in [-0.39, 0.29) is 5.91 Å². The number of aromatic nitrogens is 1. The predicted molar refractivity (Wildman–Crippen MR) is 80.1 cm³/mol. The number of fused-ring (bicyclic) bond motifs is 1. The highest BCUT2D eigenvalue weighted by Gasteiger charge is 2.27.